The minimum absolute atomic E-state index is 0.0302. The van der Waals surface area contributed by atoms with Gasteiger partial charge in [-0.15, -0.1) is 0 Å². The first-order valence-corrected chi connectivity index (χ1v) is 5.60. The maximum Gasteiger partial charge on any atom is 0.161 e. The van der Waals surface area contributed by atoms with Crippen molar-refractivity contribution in [3.8, 4) is 22.6 Å². The van der Waals surface area contributed by atoms with E-state index in [-0.39, 0.29) is 11.5 Å². The van der Waals surface area contributed by atoms with Gasteiger partial charge in [-0.3, -0.25) is 4.79 Å². The van der Waals surface area contributed by atoms with E-state index in [1.165, 1.54) is 14.0 Å². The second kappa shape index (κ2) is 4.92. The quantitative estimate of drug-likeness (QED) is 0.840. The van der Waals surface area contributed by atoms with Crippen LogP contribution in [0.1, 0.15) is 17.3 Å². The van der Waals surface area contributed by atoms with E-state index in [9.17, 15) is 9.90 Å². The molecule has 2 rings (SSSR count). The van der Waals surface area contributed by atoms with Gasteiger partial charge in [-0.1, -0.05) is 24.3 Å². The minimum atomic E-state index is 0.0302. The fraction of sp³-hybridized carbons (Fsp3) is 0.133. The van der Waals surface area contributed by atoms with Crippen molar-refractivity contribution in [1.29, 1.82) is 0 Å². The topological polar surface area (TPSA) is 46.5 Å². The van der Waals surface area contributed by atoms with Crippen molar-refractivity contribution in [2.45, 2.75) is 6.92 Å². The van der Waals surface area contributed by atoms with E-state index in [0.29, 0.717) is 11.3 Å². The summed E-state index contributed by atoms with van der Waals surface area (Å²) < 4.78 is 5.07. The molecule has 18 heavy (non-hydrogen) atoms. The first kappa shape index (κ1) is 12.2. The van der Waals surface area contributed by atoms with Gasteiger partial charge in [-0.25, -0.2) is 0 Å². The molecule has 0 amide bonds. The van der Waals surface area contributed by atoms with Gasteiger partial charge in [0.1, 0.15) is 0 Å². The van der Waals surface area contributed by atoms with Crippen LogP contribution in [0.4, 0.5) is 0 Å². The van der Waals surface area contributed by atoms with E-state index in [0.717, 1.165) is 11.1 Å². The van der Waals surface area contributed by atoms with Crippen LogP contribution in [0.15, 0.2) is 42.5 Å². The summed E-state index contributed by atoms with van der Waals surface area (Å²) in [6, 6.07) is 12.5. The van der Waals surface area contributed by atoms with E-state index in [1.54, 1.807) is 24.3 Å². The van der Waals surface area contributed by atoms with E-state index in [4.69, 9.17) is 4.74 Å². The third-order valence-corrected chi connectivity index (χ3v) is 2.78. The van der Waals surface area contributed by atoms with Crippen LogP contribution < -0.4 is 4.74 Å². The van der Waals surface area contributed by atoms with Crippen LogP contribution in [-0.4, -0.2) is 18.0 Å². The van der Waals surface area contributed by atoms with Crippen molar-refractivity contribution in [2.24, 2.45) is 0 Å². The van der Waals surface area contributed by atoms with Crippen LogP contribution in [0.5, 0.6) is 11.5 Å². The molecule has 0 heterocycles. The van der Waals surface area contributed by atoms with Gasteiger partial charge in [0, 0.05) is 5.56 Å². The highest BCUT2D eigenvalue weighted by Crippen LogP contribution is 2.31. The Labute approximate surface area is 106 Å². The van der Waals surface area contributed by atoms with Gasteiger partial charge >= 0.3 is 0 Å². The van der Waals surface area contributed by atoms with E-state index >= 15 is 0 Å². The van der Waals surface area contributed by atoms with Crippen molar-refractivity contribution in [2.75, 3.05) is 7.11 Å². The third kappa shape index (κ3) is 2.35. The number of hydrogen-bond donors (Lipinski definition) is 1. The molecule has 0 bridgehead atoms. The molecule has 92 valence electrons. The number of ketones is 1. The Bertz CT molecular complexity index is 588. The first-order chi connectivity index (χ1) is 8.61. The Hall–Kier alpha value is -2.29. The molecular weight excluding hydrogens is 228 g/mol. The fourth-order valence-corrected chi connectivity index (χ4v) is 1.77. The molecule has 0 aliphatic carbocycles. The second-order valence-electron chi connectivity index (χ2n) is 4.02. The van der Waals surface area contributed by atoms with Crippen LogP contribution in [0.2, 0.25) is 0 Å². The van der Waals surface area contributed by atoms with Crippen molar-refractivity contribution in [1.82, 2.24) is 0 Å². The smallest absolute Gasteiger partial charge is 0.161 e. The number of carbonyl (C=O) groups excluding carboxylic acids is 1. The Morgan fingerprint density at radius 3 is 2.50 bits per heavy atom. The van der Waals surface area contributed by atoms with Crippen LogP contribution in [0.25, 0.3) is 11.1 Å². The summed E-state index contributed by atoms with van der Waals surface area (Å²) in [5, 5.41) is 9.55. The number of phenols is 1. The zero-order valence-corrected chi connectivity index (χ0v) is 10.3. The maximum absolute atomic E-state index is 11.3. The summed E-state index contributed by atoms with van der Waals surface area (Å²) in [5.41, 5.74) is 2.48. The monoisotopic (exact) mass is 242 g/mol. The van der Waals surface area contributed by atoms with Gasteiger partial charge in [0.15, 0.2) is 17.3 Å². The molecule has 1 N–H and O–H groups in total. The number of rotatable bonds is 3. The summed E-state index contributed by atoms with van der Waals surface area (Å²) in [6.45, 7) is 1.54. The Balaban J connectivity index is 2.48. The molecule has 0 unspecified atom stereocenters. The molecular formula is C15H14O3. The van der Waals surface area contributed by atoms with Gasteiger partial charge in [0.05, 0.1) is 7.11 Å². The SMILES string of the molecule is COc1cc(-c2cccc(C(C)=O)c2)ccc1O. The molecule has 0 aromatic heterocycles. The van der Waals surface area contributed by atoms with Crippen LogP contribution in [-0.2, 0) is 0 Å². The normalized spacial score (nSPS) is 10.1. The van der Waals surface area contributed by atoms with Crippen molar-refractivity contribution in [3.05, 3.63) is 48.0 Å². The number of phenolic OH excluding ortho intramolecular Hbond substituents is 1. The Kier molecular flexibility index (Phi) is 3.33. The number of carbonyl (C=O) groups is 1. The molecule has 3 nitrogen and oxygen atoms in total. The molecule has 0 fully saturated rings. The lowest BCUT2D eigenvalue weighted by Gasteiger charge is -2.07. The largest absolute Gasteiger partial charge is 0.504 e. The summed E-state index contributed by atoms with van der Waals surface area (Å²) in [4.78, 5) is 11.3. The molecule has 3 heteroatoms. The van der Waals surface area contributed by atoms with E-state index < -0.39 is 0 Å². The molecule has 0 aliphatic rings. The number of benzene rings is 2. The molecule has 2 aromatic carbocycles. The lowest BCUT2D eigenvalue weighted by molar-refractivity contribution is 0.101. The van der Waals surface area contributed by atoms with Crippen LogP contribution in [0.3, 0.4) is 0 Å². The summed E-state index contributed by atoms with van der Waals surface area (Å²) >= 11 is 0. The fourth-order valence-electron chi connectivity index (χ4n) is 1.77. The zero-order valence-electron chi connectivity index (χ0n) is 10.3. The average molecular weight is 242 g/mol. The summed E-state index contributed by atoms with van der Waals surface area (Å²) in [7, 11) is 1.50. The summed E-state index contributed by atoms with van der Waals surface area (Å²) in [5.74, 6) is 0.548. The number of Topliss-reactive ketones (excluding diaryl/α,β-unsaturated/α-hetero) is 1. The lowest BCUT2D eigenvalue weighted by Crippen LogP contribution is -1.92. The highest BCUT2D eigenvalue weighted by atomic mass is 16.5. The number of ether oxygens (including phenoxy) is 1. The van der Waals surface area contributed by atoms with E-state index in [2.05, 4.69) is 0 Å². The molecule has 0 atom stereocenters. The van der Waals surface area contributed by atoms with Crippen LogP contribution >= 0.6 is 0 Å². The zero-order chi connectivity index (χ0) is 13.1. The predicted octanol–water partition coefficient (Wildman–Crippen LogP) is 3.27. The van der Waals surface area contributed by atoms with E-state index in [1.807, 2.05) is 18.2 Å². The predicted molar refractivity (Wildman–Crippen MR) is 70.1 cm³/mol. The van der Waals surface area contributed by atoms with Gasteiger partial charge in [-0.2, -0.15) is 0 Å². The van der Waals surface area contributed by atoms with Gasteiger partial charge < -0.3 is 9.84 Å². The molecule has 0 aliphatic heterocycles. The molecule has 0 saturated heterocycles. The molecule has 0 radical (unpaired) electrons. The molecule has 0 saturated carbocycles. The van der Waals surface area contributed by atoms with Crippen LogP contribution in [0, 0.1) is 0 Å². The minimum Gasteiger partial charge on any atom is -0.504 e. The lowest BCUT2D eigenvalue weighted by atomic mass is 10.0. The summed E-state index contributed by atoms with van der Waals surface area (Å²) in [6.07, 6.45) is 0. The standard InChI is InChI=1S/C15H14O3/c1-10(16)11-4-3-5-12(8-11)13-6-7-14(17)15(9-13)18-2/h3-9,17H,1-2H3. The van der Waals surface area contributed by atoms with Gasteiger partial charge in [-0.05, 0) is 36.2 Å². The average Bonchev–Trinajstić information content (AvgIpc) is 2.39. The number of methoxy groups -OCH3 is 1. The number of hydrogen-bond acceptors (Lipinski definition) is 3. The van der Waals surface area contributed by atoms with Gasteiger partial charge in [0.25, 0.3) is 0 Å². The van der Waals surface area contributed by atoms with Crippen molar-refractivity contribution in [3.63, 3.8) is 0 Å². The highest BCUT2D eigenvalue weighted by molar-refractivity contribution is 5.95. The van der Waals surface area contributed by atoms with Crippen molar-refractivity contribution < 1.29 is 14.6 Å². The molecule has 0 spiro atoms. The Morgan fingerprint density at radius 1 is 1.11 bits per heavy atom. The van der Waals surface area contributed by atoms with Gasteiger partial charge in [0.2, 0.25) is 0 Å². The molecule has 2 aromatic rings. The number of aromatic hydroxyl groups is 1. The Morgan fingerprint density at radius 2 is 1.83 bits per heavy atom. The van der Waals surface area contributed by atoms with Crippen molar-refractivity contribution >= 4 is 5.78 Å². The highest BCUT2D eigenvalue weighted by Gasteiger charge is 2.06. The third-order valence-electron chi connectivity index (χ3n) is 2.78. The first-order valence-electron chi connectivity index (χ1n) is 5.60. The second-order valence-corrected chi connectivity index (χ2v) is 4.02. The maximum atomic E-state index is 11.3.